The molecule has 0 unspecified atom stereocenters. The summed E-state index contributed by atoms with van der Waals surface area (Å²) >= 11 is 0. The molecule has 0 aromatic heterocycles. The van der Waals surface area contributed by atoms with Gasteiger partial charge in [-0.15, -0.1) is 0 Å². The van der Waals surface area contributed by atoms with Crippen LogP contribution in [-0.2, 0) is 17.6 Å². The second-order valence-corrected chi connectivity index (χ2v) is 7.39. The van der Waals surface area contributed by atoms with E-state index in [4.69, 9.17) is 4.74 Å². The van der Waals surface area contributed by atoms with Crippen LogP contribution in [0.5, 0.6) is 0 Å². The van der Waals surface area contributed by atoms with Gasteiger partial charge in [0.05, 0.1) is 0 Å². The molecule has 0 saturated carbocycles. The van der Waals surface area contributed by atoms with E-state index in [1.807, 2.05) is 6.92 Å². The first-order valence-corrected chi connectivity index (χ1v) is 10.1. The van der Waals surface area contributed by atoms with Gasteiger partial charge in [0.25, 0.3) is 0 Å². The lowest BCUT2D eigenvalue weighted by Gasteiger charge is -2.25. The zero-order valence-electron chi connectivity index (χ0n) is 17.9. The van der Waals surface area contributed by atoms with Gasteiger partial charge in [0.15, 0.2) is 0 Å². The quantitative estimate of drug-likeness (QED) is 0.471. The van der Waals surface area contributed by atoms with Crippen LogP contribution in [0.4, 0.5) is 0 Å². The average molecular weight is 357 g/mol. The molecule has 26 heavy (non-hydrogen) atoms. The van der Waals surface area contributed by atoms with Crippen molar-refractivity contribution in [2.45, 2.75) is 67.2 Å². The third-order valence-electron chi connectivity index (χ3n) is 3.60. The van der Waals surface area contributed by atoms with Gasteiger partial charge in [0.1, 0.15) is 0 Å². The summed E-state index contributed by atoms with van der Waals surface area (Å²) in [5.41, 5.74) is 3.16. The summed E-state index contributed by atoms with van der Waals surface area (Å²) in [6.45, 7) is 14.8. The fourth-order valence-corrected chi connectivity index (χ4v) is 2.65. The zero-order chi connectivity index (χ0) is 19.7. The fraction of sp³-hybridized carbons (Fsp3) is 0.520. The highest BCUT2D eigenvalue weighted by Crippen LogP contribution is 2.26. The number of ether oxygens (including phenoxy) is 1. The van der Waals surface area contributed by atoms with E-state index in [0.29, 0.717) is 5.41 Å². The second-order valence-electron chi connectivity index (χ2n) is 7.39. The second kappa shape index (κ2) is 15.6. The molecule has 0 radical (unpaired) electrons. The first kappa shape index (κ1) is 24.4. The predicted molar refractivity (Wildman–Crippen MR) is 117 cm³/mol. The van der Waals surface area contributed by atoms with Crippen LogP contribution in [0.2, 0.25) is 0 Å². The molecular formula is C25H40O. The Morgan fingerprint density at radius 2 is 1.08 bits per heavy atom. The molecule has 2 aromatic rings. The largest absolute Gasteiger partial charge is 0.382 e. The van der Waals surface area contributed by atoms with Gasteiger partial charge in [-0.25, -0.2) is 0 Å². The van der Waals surface area contributed by atoms with E-state index in [1.165, 1.54) is 17.5 Å². The molecule has 0 aliphatic heterocycles. The van der Waals surface area contributed by atoms with Gasteiger partial charge in [-0.2, -0.15) is 0 Å². The maximum Gasteiger partial charge on any atom is 0.0463 e. The Kier molecular flexibility index (Phi) is 14.7. The van der Waals surface area contributed by atoms with E-state index in [2.05, 4.69) is 95.3 Å². The number of benzene rings is 2. The Hall–Kier alpha value is -1.60. The Morgan fingerprint density at radius 1 is 0.692 bits per heavy atom. The minimum Gasteiger partial charge on any atom is -0.382 e. The van der Waals surface area contributed by atoms with E-state index in [-0.39, 0.29) is 0 Å². The lowest BCUT2D eigenvalue weighted by atomic mass is 9.80. The van der Waals surface area contributed by atoms with Gasteiger partial charge >= 0.3 is 0 Å². The summed E-state index contributed by atoms with van der Waals surface area (Å²) in [5.74, 6) is 0. The minimum absolute atomic E-state index is 0.308. The molecule has 0 bridgehead atoms. The van der Waals surface area contributed by atoms with Crippen molar-refractivity contribution in [3.63, 3.8) is 0 Å². The summed E-state index contributed by atoms with van der Waals surface area (Å²) in [7, 11) is 0. The van der Waals surface area contributed by atoms with E-state index in [9.17, 15) is 0 Å². The van der Waals surface area contributed by atoms with Crippen LogP contribution in [0.15, 0.2) is 60.7 Å². The summed E-state index contributed by atoms with van der Waals surface area (Å²) in [6, 6.07) is 21.5. The molecule has 146 valence electrons. The Labute approximate surface area is 162 Å². The number of rotatable bonds is 7. The Morgan fingerprint density at radius 3 is 1.35 bits per heavy atom. The van der Waals surface area contributed by atoms with Gasteiger partial charge in [-0.1, -0.05) is 102 Å². The highest BCUT2D eigenvalue weighted by Gasteiger charge is 2.18. The van der Waals surface area contributed by atoms with Crippen molar-refractivity contribution in [2.75, 3.05) is 13.2 Å². The Balaban J connectivity index is 0.000000584. The zero-order valence-corrected chi connectivity index (χ0v) is 17.9. The van der Waals surface area contributed by atoms with Crippen molar-refractivity contribution in [2.24, 2.45) is 5.41 Å². The molecular weight excluding hydrogens is 316 g/mol. The molecule has 0 saturated heterocycles. The lowest BCUT2D eigenvalue weighted by Crippen LogP contribution is -2.18. The normalized spacial score (nSPS) is 10.2. The van der Waals surface area contributed by atoms with Crippen LogP contribution < -0.4 is 0 Å². The molecule has 0 fully saturated rings. The third-order valence-corrected chi connectivity index (χ3v) is 3.60. The molecule has 1 nitrogen and oxygen atoms in total. The van der Waals surface area contributed by atoms with E-state index in [0.717, 1.165) is 32.5 Å². The highest BCUT2D eigenvalue weighted by atomic mass is 16.5. The minimum atomic E-state index is 0.308. The van der Waals surface area contributed by atoms with Crippen LogP contribution in [0.1, 0.15) is 65.5 Å². The van der Waals surface area contributed by atoms with Crippen LogP contribution in [-0.4, -0.2) is 13.2 Å². The molecule has 0 amide bonds. The summed E-state index contributed by atoms with van der Waals surface area (Å²) < 4.78 is 4.98. The first-order chi connectivity index (χ1) is 12.5. The standard InChI is InChI=1S/C17H20.C5H12O.C3H8/c1-17(2,13-15-9-5-3-6-10-15)14-16-11-7-4-8-12-16;1-3-5-6-4-2;1-3-2/h3-12H,13-14H2,1-2H3;3-5H2,1-2H3;3H2,1-2H3. The summed E-state index contributed by atoms with van der Waals surface area (Å²) in [6.07, 6.45) is 4.64. The summed E-state index contributed by atoms with van der Waals surface area (Å²) in [5, 5.41) is 0. The van der Waals surface area contributed by atoms with Crippen molar-refractivity contribution in [3.8, 4) is 0 Å². The van der Waals surface area contributed by atoms with Gasteiger partial charge in [-0.05, 0) is 42.7 Å². The molecule has 1 heteroatoms. The van der Waals surface area contributed by atoms with Crippen molar-refractivity contribution in [3.05, 3.63) is 71.8 Å². The maximum absolute atomic E-state index is 4.98. The molecule has 0 heterocycles. The SMILES string of the molecule is CC(C)(Cc1ccccc1)Cc1ccccc1.CCC.CCCOCC. The smallest absolute Gasteiger partial charge is 0.0463 e. The lowest BCUT2D eigenvalue weighted by molar-refractivity contribution is 0.148. The number of hydrogen-bond donors (Lipinski definition) is 0. The van der Waals surface area contributed by atoms with Gasteiger partial charge < -0.3 is 4.74 Å². The number of hydrogen-bond acceptors (Lipinski definition) is 1. The highest BCUT2D eigenvalue weighted by molar-refractivity contribution is 5.19. The fourth-order valence-electron chi connectivity index (χ4n) is 2.65. The maximum atomic E-state index is 4.98. The van der Waals surface area contributed by atoms with Crippen LogP contribution in [0, 0.1) is 5.41 Å². The van der Waals surface area contributed by atoms with E-state index >= 15 is 0 Å². The monoisotopic (exact) mass is 356 g/mol. The van der Waals surface area contributed by atoms with Crippen molar-refractivity contribution >= 4 is 0 Å². The summed E-state index contributed by atoms with van der Waals surface area (Å²) in [4.78, 5) is 0. The topological polar surface area (TPSA) is 9.23 Å². The van der Waals surface area contributed by atoms with Gasteiger partial charge in [0, 0.05) is 13.2 Å². The molecule has 0 N–H and O–H groups in total. The molecule has 0 atom stereocenters. The van der Waals surface area contributed by atoms with Crippen LogP contribution in [0.25, 0.3) is 0 Å². The molecule has 0 aliphatic rings. The first-order valence-electron chi connectivity index (χ1n) is 10.1. The predicted octanol–water partition coefficient (Wildman–Crippen LogP) is 7.35. The molecule has 0 spiro atoms. The van der Waals surface area contributed by atoms with Crippen molar-refractivity contribution in [1.82, 2.24) is 0 Å². The van der Waals surface area contributed by atoms with Crippen molar-refractivity contribution < 1.29 is 4.74 Å². The molecule has 0 aliphatic carbocycles. The third kappa shape index (κ3) is 13.7. The molecule has 2 rings (SSSR count). The van der Waals surface area contributed by atoms with Crippen molar-refractivity contribution in [1.29, 1.82) is 0 Å². The average Bonchev–Trinajstić information content (AvgIpc) is 2.62. The van der Waals surface area contributed by atoms with E-state index < -0.39 is 0 Å². The van der Waals surface area contributed by atoms with Gasteiger partial charge in [-0.3, -0.25) is 0 Å². The van der Waals surface area contributed by atoms with E-state index in [1.54, 1.807) is 0 Å². The Bertz CT molecular complexity index is 469. The molecule has 2 aromatic carbocycles. The van der Waals surface area contributed by atoms with Crippen LogP contribution in [0.3, 0.4) is 0 Å². The van der Waals surface area contributed by atoms with Gasteiger partial charge in [0.2, 0.25) is 0 Å². The van der Waals surface area contributed by atoms with Crippen LogP contribution >= 0.6 is 0 Å².